The SMILES string of the molecule is O=C(O)C1CN(C(=O)CSCCc2ccccc2)CCO1. The number of rotatable bonds is 6. The zero-order valence-electron chi connectivity index (χ0n) is 11.7. The van der Waals surface area contributed by atoms with Gasteiger partial charge in [-0.05, 0) is 17.7 Å². The molecule has 1 amide bonds. The van der Waals surface area contributed by atoms with E-state index in [9.17, 15) is 9.59 Å². The lowest BCUT2D eigenvalue weighted by molar-refractivity contribution is -0.158. The van der Waals surface area contributed by atoms with Crippen molar-refractivity contribution in [1.82, 2.24) is 4.90 Å². The van der Waals surface area contributed by atoms with Crippen molar-refractivity contribution in [2.45, 2.75) is 12.5 Å². The lowest BCUT2D eigenvalue weighted by Crippen LogP contribution is -2.49. The highest BCUT2D eigenvalue weighted by Crippen LogP contribution is 2.11. The van der Waals surface area contributed by atoms with E-state index in [4.69, 9.17) is 9.84 Å². The van der Waals surface area contributed by atoms with Gasteiger partial charge < -0.3 is 14.7 Å². The maximum absolute atomic E-state index is 12.0. The molecule has 114 valence electrons. The zero-order chi connectivity index (χ0) is 15.1. The zero-order valence-corrected chi connectivity index (χ0v) is 12.6. The molecule has 0 aromatic heterocycles. The summed E-state index contributed by atoms with van der Waals surface area (Å²) < 4.78 is 5.10. The Morgan fingerprint density at radius 1 is 1.33 bits per heavy atom. The molecule has 0 radical (unpaired) electrons. The van der Waals surface area contributed by atoms with E-state index in [0.717, 1.165) is 12.2 Å². The van der Waals surface area contributed by atoms with Crippen LogP contribution in [0.3, 0.4) is 0 Å². The molecule has 1 unspecified atom stereocenters. The number of aliphatic carboxylic acids is 1. The van der Waals surface area contributed by atoms with Crippen LogP contribution in [0, 0.1) is 0 Å². The molecule has 1 N–H and O–H groups in total. The average molecular weight is 309 g/mol. The number of amides is 1. The van der Waals surface area contributed by atoms with Gasteiger partial charge in [-0.3, -0.25) is 4.79 Å². The highest BCUT2D eigenvalue weighted by atomic mass is 32.2. The van der Waals surface area contributed by atoms with Gasteiger partial charge >= 0.3 is 5.97 Å². The molecule has 1 aromatic rings. The van der Waals surface area contributed by atoms with Crippen LogP contribution in [0.15, 0.2) is 30.3 Å². The molecule has 0 spiro atoms. The van der Waals surface area contributed by atoms with Crippen molar-refractivity contribution in [2.24, 2.45) is 0 Å². The van der Waals surface area contributed by atoms with Crippen molar-refractivity contribution >= 4 is 23.6 Å². The molecule has 1 aliphatic heterocycles. The first-order chi connectivity index (χ1) is 10.2. The minimum atomic E-state index is -1.01. The highest BCUT2D eigenvalue weighted by Gasteiger charge is 2.28. The van der Waals surface area contributed by atoms with Crippen LogP contribution in [0.2, 0.25) is 0 Å². The van der Waals surface area contributed by atoms with Crippen molar-refractivity contribution in [2.75, 3.05) is 31.2 Å². The molecule has 6 heteroatoms. The second kappa shape index (κ2) is 8.05. The summed E-state index contributed by atoms with van der Waals surface area (Å²) in [5, 5.41) is 8.91. The molecule has 0 saturated carbocycles. The van der Waals surface area contributed by atoms with E-state index in [-0.39, 0.29) is 19.1 Å². The highest BCUT2D eigenvalue weighted by molar-refractivity contribution is 7.99. The number of nitrogens with zero attached hydrogens (tertiary/aromatic N) is 1. The normalized spacial score (nSPS) is 18.5. The Morgan fingerprint density at radius 2 is 2.10 bits per heavy atom. The van der Waals surface area contributed by atoms with Crippen molar-refractivity contribution in [1.29, 1.82) is 0 Å². The van der Waals surface area contributed by atoms with Gasteiger partial charge in [-0.25, -0.2) is 4.79 Å². The Hall–Kier alpha value is -1.53. The predicted octanol–water partition coefficient (Wildman–Crippen LogP) is 1.27. The quantitative estimate of drug-likeness (QED) is 0.802. The molecule has 1 heterocycles. The molecule has 0 bridgehead atoms. The van der Waals surface area contributed by atoms with Crippen LogP contribution in [-0.2, 0) is 20.7 Å². The Balaban J connectivity index is 1.68. The molecule has 21 heavy (non-hydrogen) atoms. The van der Waals surface area contributed by atoms with Gasteiger partial charge in [0.15, 0.2) is 6.10 Å². The predicted molar refractivity (Wildman–Crippen MR) is 81.4 cm³/mol. The Bertz CT molecular complexity index is 480. The number of benzene rings is 1. The third-order valence-electron chi connectivity index (χ3n) is 3.30. The molecule has 1 fully saturated rings. The molecule has 1 saturated heterocycles. The van der Waals surface area contributed by atoms with Crippen molar-refractivity contribution < 1.29 is 19.4 Å². The van der Waals surface area contributed by atoms with Gasteiger partial charge in [0.1, 0.15) is 0 Å². The summed E-state index contributed by atoms with van der Waals surface area (Å²) in [6, 6.07) is 10.1. The van der Waals surface area contributed by atoms with E-state index >= 15 is 0 Å². The number of aryl methyl sites for hydroxylation is 1. The first kappa shape index (κ1) is 15.9. The van der Waals surface area contributed by atoms with Crippen molar-refractivity contribution in [3.05, 3.63) is 35.9 Å². The van der Waals surface area contributed by atoms with Gasteiger partial charge in [0.2, 0.25) is 5.91 Å². The smallest absolute Gasteiger partial charge is 0.334 e. The number of thioether (sulfide) groups is 1. The van der Waals surface area contributed by atoms with E-state index in [2.05, 4.69) is 12.1 Å². The monoisotopic (exact) mass is 309 g/mol. The van der Waals surface area contributed by atoms with E-state index in [1.807, 2.05) is 18.2 Å². The van der Waals surface area contributed by atoms with E-state index in [1.165, 1.54) is 5.56 Å². The van der Waals surface area contributed by atoms with Crippen molar-refractivity contribution in [3.63, 3.8) is 0 Å². The van der Waals surface area contributed by atoms with Crippen LogP contribution in [0.4, 0.5) is 0 Å². The summed E-state index contributed by atoms with van der Waals surface area (Å²) >= 11 is 1.58. The summed E-state index contributed by atoms with van der Waals surface area (Å²) in [6.07, 6.45) is 0.0386. The molecule has 1 aliphatic rings. The van der Waals surface area contributed by atoms with Crippen molar-refractivity contribution in [3.8, 4) is 0 Å². The number of carbonyl (C=O) groups excluding carboxylic acids is 1. The number of carboxylic acid groups (broad SMARTS) is 1. The van der Waals surface area contributed by atoms with Crippen LogP contribution in [0.1, 0.15) is 5.56 Å². The Morgan fingerprint density at radius 3 is 2.81 bits per heavy atom. The molecule has 2 rings (SSSR count). The number of hydrogen-bond donors (Lipinski definition) is 1. The molecular weight excluding hydrogens is 290 g/mol. The van der Waals surface area contributed by atoms with Gasteiger partial charge in [-0.1, -0.05) is 30.3 Å². The second-order valence-corrected chi connectivity index (χ2v) is 5.93. The molecule has 1 atom stereocenters. The molecule has 1 aromatic carbocycles. The fraction of sp³-hybridized carbons (Fsp3) is 0.467. The maximum Gasteiger partial charge on any atom is 0.334 e. The van der Waals surface area contributed by atoms with Gasteiger partial charge in [-0.2, -0.15) is 11.8 Å². The molecule has 0 aliphatic carbocycles. The van der Waals surface area contributed by atoms with Gasteiger partial charge in [0.25, 0.3) is 0 Å². The number of hydrogen-bond acceptors (Lipinski definition) is 4. The lowest BCUT2D eigenvalue weighted by atomic mass is 10.2. The topological polar surface area (TPSA) is 66.8 Å². The fourth-order valence-corrected chi connectivity index (χ4v) is 2.99. The van der Waals surface area contributed by atoms with E-state index < -0.39 is 12.1 Å². The second-order valence-electron chi connectivity index (χ2n) is 4.83. The fourth-order valence-electron chi connectivity index (χ4n) is 2.11. The summed E-state index contributed by atoms with van der Waals surface area (Å²) in [4.78, 5) is 24.5. The molecule has 5 nitrogen and oxygen atoms in total. The Labute approximate surface area is 128 Å². The van der Waals surface area contributed by atoms with Crippen LogP contribution < -0.4 is 0 Å². The van der Waals surface area contributed by atoms with E-state index in [1.54, 1.807) is 16.7 Å². The van der Waals surface area contributed by atoms with Crippen LogP contribution in [0.5, 0.6) is 0 Å². The van der Waals surface area contributed by atoms with Gasteiger partial charge in [0, 0.05) is 6.54 Å². The van der Waals surface area contributed by atoms with Crippen LogP contribution >= 0.6 is 11.8 Å². The minimum Gasteiger partial charge on any atom is -0.479 e. The number of carboxylic acids is 1. The Kier molecular flexibility index (Phi) is 6.07. The summed E-state index contributed by atoms with van der Waals surface area (Å²) in [5.74, 6) is 0.244. The minimum absolute atomic E-state index is 0.0115. The number of carbonyl (C=O) groups is 2. The third kappa shape index (κ3) is 5.06. The first-order valence-electron chi connectivity index (χ1n) is 6.90. The van der Waals surface area contributed by atoms with Crippen LogP contribution in [0.25, 0.3) is 0 Å². The third-order valence-corrected chi connectivity index (χ3v) is 4.24. The summed E-state index contributed by atoms with van der Waals surface area (Å²) in [7, 11) is 0. The number of morpholine rings is 1. The van der Waals surface area contributed by atoms with Crippen LogP contribution in [-0.4, -0.2) is 59.2 Å². The standard InChI is InChI=1S/C15H19NO4S/c17-14(16-7-8-20-13(10-16)15(18)19)11-21-9-6-12-4-2-1-3-5-12/h1-5,13H,6-11H2,(H,18,19). The maximum atomic E-state index is 12.0. The number of ether oxygens (including phenoxy) is 1. The molecular formula is C15H19NO4S. The summed E-state index contributed by atoms with van der Waals surface area (Å²) in [5.41, 5.74) is 1.26. The summed E-state index contributed by atoms with van der Waals surface area (Å²) in [6.45, 7) is 0.909. The lowest BCUT2D eigenvalue weighted by Gasteiger charge is -2.30. The van der Waals surface area contributed by atoms with Gasteiger partial charge in [-0.15, -0.1) is 0 Å². The average Bonchev–Trinajstić information content (AvgIpc) is 2.52. The van der Waals surface area contributed by atoms with E-state index in [0.29, 0.717) is 12.3 Å². The first-order valence-corrected chi connectivity index (χ1v) is 8.06. The van der Waals surface area contributed by atoms with Gasteiger partial charge in [0.05, 0.1) is 18.9 Å². The largest absolute Gasteiger partial charge is 0.479 e.